The molecule has 0 fully saturated rings. The molecule has 0 aromatic carbocycles. The summed E-state index contributed by atoms with van der Waals surface area (Å²) in [4.78, 5) is 19.3. The number of anilines is 1. The van der Waals surface area contributed by atoms with E-state index in [4.69, 9.17) is 5.73 Å². The third-order valence-corrected chi connectivity index (χ3v) is 3.21. The number of hydrogen-bond donors (Lipinski definition) is 1. The van der Waals surface area contributed by atoms with Crippen LogP contribution in [0.2, 0.25) is 0 Å². The van der Waals surface area contributed by atoms with Crippen LogP contribution in [-0.4, -0.2) is 49.2 Å². The number of nitrogens with zero attached hydrogens (tertiary/aromatic N) is 7. The third kappa shape index (κ3) is 2.03. The Morgan fingerprint density at radius 2 is 1.85 bits per heavy atom. The van der Waals surface area contributed by atoms with E-state index in [-0.39, 0.29) is 17.6 Å². The first-order chi connectivity index (χ1) is 9.45. The summed E-state index contributed by atoms with van der Waals surface area (Å²) in [6.45, 7) is 0. The van der Waals surface area contributed by atoms with Gasteiger partial charge in [-0.15, -0.1) is 5.10 Å². The minimum Gasteiger partial charge on any atom is -0.368 e. The van der Waals surface area contributed by atoms with Crippen LogP contribution in [0.5, 0.6) is 0 Å². The molecule has 0 saturated heterocycles. The summed E-state index contributed by atoms with van der Waals surface area (Å²) in [5.74, 6) is 0.194. The molecular weight excluding hydrogens is 284 g/mol. The quantitative estimate of drug-likeness (QED) is 0.626. The summed E-state index contributed by atoms with van der Waals surface area (Å²) >= 11 is 0. The van der Waals surface area contributed by atoms with Gasteiger partial charge in [0.15, 0.2) is 5.82 Å². The molecule has 3 aromatic rings. The second-order valence-electron chi connectivity index (χ2n) is 3.91. The molecule has 3 heterocycles. The molecule has 11 heteroatoms. The van der Waals surface area contributed by atoms with Crippen molar-refractivity contribution in [1.82, 2.24) is 34.5 Å². The fourth-order valence-corrected chi connectivity index (χ4v) is 2.00. The molecule has 0 aliphatic rings. The summed E-state index contributed by atoms with van der Waals surface area (Å²) in [7, 11) is -3.58. The van der Waals surface area contributed by atoms with Crippen LogP contribution in [0.4, 0.5) is 5.95 Å². The second kappa shape index (κ2) is 4.16. The van der Waals surface area contributed by atoms with Crippen LogP contribution in [-0.2, 0) is 9.84 Å². The Balaban J connectivity index is 2.24. The molecule has 3 aromatic heterocycles. The summed E-state index contributed by atoms with van der Waals surface area (Å²) in [6, 6.07) is 0. The smallest absolute Gasteiger partial charge is 0.258 e. The predicted octanol–water partition coefficient (Wildman–Crippen LogP) is -1.04. The van der Waals surface area contributed by atoms with E-state index < -0.39 is 15.0 Å². The van der Waals surface area contributed by atoms with Gasteiger partial charge in [-0.3, -0.25) is 0 Å². The first kappa shape index (κ1) is 12.3. The molecule has 0 spiro atoms. The first-order valence-electron chi connectivity index (χ1n) is 5.31. The number of aromatic nitrogens is 7. The van der Waals surface area contributed by atoms with E-state index in [1.165, 1.54) is 18.7 Å². The maximum absolute atomic E-state index is 11.4. The van der Waals surface area contributed by atoms with E-state index in [2.05, 4.69) is 30.0 Å². The summed E-state index contributed by atoms with van der Waals surface area (Å²) < 4.78 is 24.0. The van der Waals surface area contributed by atoms with Gasteiger partial charge in [0.25, 0.3) is 10.9 Å². The molecule has 0 aliphatic carbocycles. The van der Waals surface area contributed by atoms with E-state index in [1.807, 2.05) is 0 Å². The molecular formula is C9H8N8O2S. The molecule has 0 radical (unpaired) electrons. The lowest BCUT2D eigenvalue weighted by Crippen LogP contribution is -2.11. The lowest BCUT2D eigenvalue weighted by Gasteiger charge is -1.99. The van der Waals surface area contributed by atoms with Gasteiger partial charge in [0, 0.05) is 18.6 Å². The molecule has 0 aliphatic heterocycles. The molecule has 0 bridgehead atoms. The Labute approximate surface area is 112 Å². The molecule has 0 amide bonds. The van der Waals surface area contributed by atoms with Crippen molar-refractivity contribution in [1.29, 1.82) is 0 Å². The second-order valence-corrected chi connectivity index (χ2v) is 5.82. The fraction of sp³-hybridized carbons (Fsp3) is 0.111. The van der Waals surface area contributed by atoms with Gasteiger partial charge in [-0.2, -0.15) is 19.5 Å². The van der Waals surface area contributed by atoms with Gasteiger partial charge in [-0.1, -0.05) is 0 Å². The lowest BCUT2D eigenvalue weighted by atomic mass is 10.3. The average Bonchev–Trinajstić information content (AvgIpc) is 2.83. The molecule has 0 atom stereocenters. The minimum absolute atomic E-state index is 0.0387. The Kier molecular flexibility index (Phi) is 2.57. The van der Waals surface area contributed by atoms with Crippen molar-refractivity contribution in [3.05, 3.63) is 18.7 Å². The van der Waals surface area contributed by atoms with Gasteiger partial charge in [-0.25, -0.2) is 18.4 Å². The van der Waals surface area contributed by atoms with Gasteiger partial charge in [0.2, 0.25) is 15.8 Å². The standard InChI is InChI=1S/C9H8N8O2S/c1-20(18,19)9-14-7(10)17-8(15-9)13-6(16-17)5-2-11-4-12-3-5/h2-4H,1H3,(H2,10,13,14,15,16). The van der Waals surface area contributed by atoms with Crippen LogP contribution in [0, 0.1) is 0 Å². The van der Waals surface area contributed by atoms with Gasteiger partial charge in [0.1, 0.15) is 6.33 Å². The van der Waals surface area contributed by atoms with E-state index in [0.29, 0.717) is 5.56 Å². The molecule has 10 nitrogen and oxygen atoms in total. The number of sulfone groups is 1. The number of nitrogens with two attached hydrogens (primary N) is 1. The highest BCUT2D eigenvalue weighted by Crippen LogP contribution is 2.15. The summed E-state index contributed by atoms with van der Waals surface area (Å²) in [5.41, 5.74) is 6.21. The monoisotopic (exact) mass is 292 g/mol. The van der Waals surface area contributed by atoms with Gasteiger partial charge in [-0.05, 0) is 0 Å². The van der Waals surface area contributed by atoms with Crippen molar-refractivity contribution in [2.45, 2.75) is 5.16 Å². The van der Waals surface area contributed by atoms with Crippen molar-refractivity contribution in [3.63, 3.8) is 0 Å². The zero-order valence-corrected chi connectivity index (χ0v) is 11.0. The third-order valence-electron chi connectivity index (χ3n) is 2.36. The SMILES string of the molecule is CS(=O)(=O)c1nc(N)n2nc(-c3cncnc3)nc2n1. The fourth-order valence-electron chi connectivity index (χ4n) is 1.49. The zero-order chi connectivity index (χ0) is 14.3. The average molecular weight is 292 g/mol. The maximum atomic E-state index is 11.4. The van der Waals surface area contributed by atoms with E-state index in [9.17, 15) is 8.42 Å². The number of hydrogen-bond acceptors (Lipinski definition) is 9. The lowest BCUT2D eigenvalue weighted by molar-refractivity contribution is 0.592. The van der Waals surface area contributed by atoms with Crippen molar-refractivity contribution in [3.8, 4) is 11.4 Å². The van der Waals surface area contributed by atoms with Crippen LogP contribution < -0.4 is 5.73 Å². The Morgan fingerprint density at radius 3 is 2.50 bits per heavy atom. The van der Waals surface area contributed by atoms with Crippen molar-refractivity contribution < 1.29 is 8.42 Å². The highest BCUT2D eigenvalue weighted by atomic mass is 32.2. The van der Waals surface area contributed by atoms with Crippen molar-refractivity contribution in [2.75, 3.05) is 12.0 Å². The molecule has 2 N–H and O–H groups in total. The van der Waals surface area contributed by atoms with Crippen LogP contribution in [0.15, 0.2) is 23.9 Å². The van der Waals surface area contributed by atoms with Gasteiger partial charge >= 0.3 is 0 Å². The molecule has 0 unspecified atom stereocenters. The normalized spacial score (nSPS) is 11.8. The Hall–Kier alpha value is -2.69. The largest absolute Gasteiger partial charge is 0.368 e. The van der Waals surface area contributed by atoms with E-state index >= 15 is 0 Å². The summed E-state index contributed by atoms with van der Waals surface area (Å²) in [5, 5.41) is 3.69. The zero-order valence-electron chi connectivity index (χ0n) is 10.2. The summed E-state index contributed by atoms with van der Waals surface area (Å²) in [6.07, 6.45) is 5.39. The van der Waals surface area contributed by atoms with Crippen molar-refractivity contribution >= 4 is 21.6 Å². The van der Waals surface area contributed by atoms with Crippen LogP contribution in [0.3, 0.4) is 0 Å². The highest BCUT2D eigenvalue weighted by molar-refractivity contribution is 7.90. The van der Waals surface area contributed by atoms with Crippen molar-refractivity contribution in [2.24, 2.45) is 0 Å². The first-order valence-corrected chi connectivity index (χ1v) is 7.20. The maximum Gasteiger partial charge on any atom is 0.258 e. The minimum atomic E-state index is -3.58. The van der Waals surface area contributed by atoms with Gasteiger partial charge in [0.05, 0.1) is 5.56 Å². The number of rotatable bonds is 2. The van der Waals surface area contributed by atoms with Crippen LogP contribution >= 0.6 is 0 Å². The van der Waals surface area contributed by atoms with E-state index in [0.717, 1.165) is 10.8 Å². The number of nitrogen functional groups attached to an aromatic ring is 1. The van der Waals surface area contributed by atoms with Gasteiger partial charge < -0.3 is 5.73 Å². The Bertz CT molecular complexity index is 889. The van der Waals surface area contributed by atoms with Crippen LogP contribution in [0.25, 0.3) is 17.2 Å². The molecule has 20 heavy (non-hydrogen) atoms. The molecule has 102 valence electrons. The number of fused-ring (bicyclic) bond motifs is 1. The Morgan fingerprint density at radius 1 is 1.15 bits per heavy atom. The molecule has 3 rings (SSSR count). The highest BCUT2D eigenvalue weighted by Gasteiger charge is 2.17. The van der Waals surface area contributed by atoms with E-state index in [1.54, 1.807) is 0 Å². The molecule has 0 saturated carbocycles. The predicted molar refractivity (Wildman–Crippen MR) is 67.1 cm³/mol. The van der Waals surface area contributed by atoms with Crippen LogP contribution in [0.1, 0.15) is 0 Å². The topological polar surface area (TPSA) is 142 Å².